The number of hydrogen-bond acceptors (Lipinski definition) is 6. The predicted molar refractivity (Wildman–Crippen MR) is 131 cm³/mol. The number of nitrogens with one attached hydrogen (secondary N) is 2. The van der Waals surface area contributed by atoms with Crippen LogP contribution in [0.15, 0.2) is 59.8 Å². The topological polar surface area (TPSA) is 83.1 Å². The van der Waals surface area contributed by atoms with Gasteiger partial charge in [-0.3, -0.25) is 4.90 Å². The summed E-state index contributed by atoms with van der Waals surface area (Å²) in [7, 11) is 1.57. The maximum absolute atomic E-state index is 13.1. The first-order valence-corrected chi connectivity index (χ1v) is 11.6. The Bertz CT molecular complexity index is 1080. The molecule has 0 radical (unpaired) electrons. The van der Waals surface area contributed by atoms with Crippen LogP contribution in [-0.2, 0) is 9.53 Å². The van der Waals surface area contributed by atoms with E-state index in [1.54, 1.807) is 14.0 Å². The van der Waals surface area contributed by atoms with Gasteiger partial charge in [-0.15, -0.1) is 0 Å². The molecule has 8 nitrogen and oxygen atoms in total. The third-order valence-electron chi connectivity index (χ3n) is 6.31. The minimum Gasteiger partial charge on any atom is -0.496 e. The van der Waals surface area contributed by atoms with Gasteiger partial charge in [-0.25, -0.2) is 9.59 Å². The van der Waals surface area contributed by atoms with Gasteiger partial charge in [-0.1, -0.05) is 36.4 Å². The van der Waals surface area contributed by atoms with Crippen LogP contribution in [0, 0.1) is 6.92 Å². The second-order valence-electron chi connectivity index (χ2n) is 8.44. The first-order chi connectivity index (χ1) is 16.5. The highest BCUT2D eigenvalue weighted by Crippen LogP contribution is 2.34. The number of amides is 2. The quantitative estimate of drug-likeness (QED) is 0.613. The highest BCUT2D eigenvalue weighted by molar-refractivity contribution is 5.95. The summed E-state index contributed by atoms with van der Waals surface area (Å²) in [5.41, 5.74) is 4.20. The second kappa shape index (κ2) is 10.6. The Morgan fingerprint density at radius 2 is 1.76 bits per heavy atom. The SMILES string of the molecule is CCOC(=O)C1=C(CN2CCN(c3ccccc3C)CC2)NC(=O)N[C@H]1c1ccccc1OC. The summed E-state index contributed by atoms with van der Waals surface area (Å²) in [6, 6.07) is 14.8. The largest absolute Gasteiger partial charge is 0.496 e. The Morgan fingerprint density at radius 1 is 1.06 bits per heavy atom. The van der Waals surface area contributed by atoms with Crippen LogP contribution in [0.3, 0.4) is 0 Å². The normalized spacial score (nSPS) is 18.9. The van der Waals surface area contributed by atoms with E-state index in [2.05, 4.69) is 51.6 Å². The van der Waals surface area contributed by atoms with E-state index in [1.165, 1.54) is 11.3 Å². The van der Waals surface area contributed by atoms with Gasteiger partial charge in [-0.2, -0.15) is 0 Å². The molecule has 0 aliphatic carbocycles. The number of urea groups is 1. The number of aryl methyl sites for hydroxylation is 1. The Hall–Kier alpha value is -3.52. The first kappa shape index (κ1) is 23.6. The van der Waals surface area contributed by atoms with Gasteiger partial charge in [0.2, 0.25) is 0 Å². The van der Waals surface area contributed by atoms with E-state index in [1.807, 2.05) is 24.3 Å². The fourth-order valence-electron chi connectivity index (χ4n) is 4.62. The molecule has 0 unspecified atom stereocenters. The molecule has 2 N–H and O–H groups in total. The minimum atomic E-state index is -0.660. The third kappa shape index (κ3) is 5.02. The molecule has 2 aromatic rings. The molecule has 1 saturated heterocycles. The van der Waals surface area contributed by atoms with Gasteiger partial charge in [0.25, 0.3) is 0 Å². The molecule has 0 aromatic heterocycles. The predicted octanol–water partition coefficient (Wildman–Crippen LogP) is 3.00. The van der Waals surface area contributed by atoms with Gasteiger partial charge in [0.05, 0.1) is 25.3 Å². The van der Waals surface area contributed by atoms with Gasteiger partial charge in [0, 0.05) is 49.7 Å². The zero-order valence-corrected chi connectivity index (χ0v) is 20.0. The number of para-hydroxylation sites is 2. The zero-order valence-electron chi connectivity index (χ0n) is 20.0. The molecule has 180 valence electrons. The number of carbonyl (C=O) groups excluding carboxylic acids is 2. The van der Waals surface area contributed by atoms with Crippen molar-refractivity contribution in [1.82, 2.24) is 15.5 Å². The van der Waals surface area contributed by atoms with Gasteiger partial charge in [0.1, 0.15) is 5.75 Å². The van der Waals surface area contributed by atoms with E-state index in [-0.39, 0.29) is 12.6 Å². The van der Waals surface area contributed by atoms with E-state index in [0.29, 0.717) is 29.1 Å². The standard InChI is InChI=1S/C26H32N4O4/c1-4-34-25(31)23-20(27-26(32)28-24(23)19-10-6-8-12-22(19)33-3)17-29-13-15-30(16-14-29)21-11-7-5-9-18(21)2/h5-12,24H,4,13-17H2,1-3H3,(H2,27,28,32)/t24-/m0/s1. The van der Waals surface area contributed by atoms with Crippen molar-refractivity contribution in [3.63, 3.8) is 0 Å². The number of esters is 1. The molecule has 2 amide bonds. The van der Waals surface area contributed by atoms with Crippen LogP contribution in [0.5, 0.6) is 5.75 Å². The number of anilines is 1. The highest BCUT2D eigenvalue weighted by Gasteiger charge is 2.36. The van der Waals surface area contributed by atoms with Crippen LogP contribution in [0.1, 0.15) is 24.1 Å². The third-order valence-corrected chi connectivity index (χ3v) is 6.31. The summed E-state index contributed by atoms with van der Waals surface area (Å²) in [6.07, 6.45) is 0. The van der Waals surface area contributed by atoms with E-state index >= 15 is 0 Å². The monoisotopic (exact) mass is 464 g/mol. The summed E-state index contributed by atoms with van der Waals surface area (Å²) in [4.78, 5) is 30.3. The molecular formula is C26H32N4O4. The second-order valence-corrected chi connectivity index (χ2v) is 8.44. The summed E-state index contributed by atoms with van der Waals surface area (Å²) in [6.45, 7) is 7.97. The Morgan fingerprint density at radius 3 is 2.47 bits per heavy atom. The number of piperazine rings is 1. The maximum Gasteiger partial charge on any atom is 0.338 e. The lowest BCUT2D eigenvalue weighted by Crippen LogP contribution is -2.52. The van der Waals surface area contributed by atoms with Gasteiger partial charge in [0.15, 0.2) is 0 Å². The number of nitrogens with zero attached hydrogens (tertiary/aromatic N) is 2. The van der Waals surface area contributed by atoms with Crippen molar-refractivity contribution in [2.75, 3.05) is 51.3 Å². The summed E-state index contributed by atoms with van der Waals surface area (Å²) < 4.78 is 10.9. The van der Waals surface area contributed by atoms with Crippen molar-refractivity contribution in [1.29, 1.82) is 0 Å². The van der Waals surface area contributed by atoms with E-state index < -0.39 is 12.0 Å². The van der Waals surface area contributed by atoms with Crippen molar-refractivity contribution in [3.05, 3.63) is 70.9 Å². The van der Waals surface area contributed by atoms with E-state index in [0.717, 1.165) is 26.2 Å². The molecule has 0 spiro atoms. The lowest BCUT2D eigenvalue weighted by molar-refractivity contribution is -0.139. The molecule has 34 heavy (non-hydrogen) atoms. The summed E-state index contributed by atoms with van der Waals surface area (Å²) in [5.74, 6) is 0.155. The zero-order chi connectivity index (χ0) is 24.1. The Balaban J connectivity index is 1.59. The lowest BCUT2D eigenvalue weighted by atomic mass is 9.94. The van der Waals surface area contributed by atoms with E-state index in [9.17, 15) is 9.59 Å². The van der Waals surface area contributed by atoms with Crippen LogP contribution in [0.2, 0.25) is 0 Å². The number of carbonyl (C=O) groups is 2. The van der Waals surface area contributed by atoms with Crippen molar-refractivity contribution in [2.45, 2.75) is 19.9 Å². The molecule has 0 bridgehead atoms. The Labute approximate surface area is 200 Å². The van der Waals surface area contributed by atoms with Gasteiger partial charge < -0.3 is 25.0 Å². The molecule has 2 aliphatic heterocycles. The molecule has 2 heterocycles. The van der Waals surface area contributed by atoms with Crippen LogP contribution < -0.4 is 20.3 Å². The molecule has 1 atom stereocenters. The molecule has 0 saturated carbocycles. The van der Waals surface area contributed by atoms with Crippen molar-refractivity contribution >= 4 is 17.7 Å². The molecule has 2 aliphatic rings. The molecule has 1 fully saturated rings. The summed E-state index contributed by atoms with van der Waals surface area (Å²) >= 11 is 0. The fraction of sp³-hybridized carbons (Fsp3) is 0.385. The highest BCUT2D eigenvalue weighted by atomic mass is 16.5. The fourth-order valence-corrected chi connectivity index (χ4v) is 4.62. The molecule has 8 heteroatoms. The van der Waals surface area contributed by atoms with Crippen LogP contribution in [-0.4, -0.2) is 63.3 Å². The molecule has 2 aromatic carbocycles. The number of methoxy groups -OCH3 is 1. The molecule has 4 rings (SSSR count). The average molecular weight is 465 g/mol. The van der Waals surface area contributed by atoms with Gasteiger partial charge in [-0.05, 0) is 31.5 Å². The smallest absolute Gasteiger partial charge is 0.338 e. The van der Waals surface area contributed by atoms with Crippen molar-refractivity contribution in [2.24, 2.45) is 0 Å². The van der Waals surface area contributed by atoms with Crippen LogP contribution in [0.4, 0.5) is 10.5 Å². The number of rotatable bonds is 7. The lowest BCUT2D eigenvalue weighted by Gasteiger charge is -2.38. The number of benzene rings is 2. The molecular weight excluding hydrogens is 432 g/mol. The minimum absolute atomic E-state index is 0.247. The Kier molecular flexibility index (Phi) is 7.37. The first-order valence-electron chi connectivity index (χ1n) is 11.6. The van der Waals surface area contributed by atoms with Crippen LogP contribution in [0.25, 0.3) is 0 Å². The average Bonchev–Trinajstić information content (AvgIpc) is 2.84. The van der Waals surface area contributed by atoms with Crippen molar-refractivity contribution < 1.29 is 19.1 Å². The van der Waals surface area contributed by atoms with Gasteiger partial charge >= 0.3 is 12.0 Å². The number of ether oxygens (including phenoxy) is 2. The summed E-state index contributed by atoms with van der Waals surface area (Å²) in [5, 5.41) is 5.76. The van der Waals surface area contributed by atoms with Crippen molar-refractivity contribution in [3.8, 4) is 5.75 Å². The van der Waals surface area contributed by atoms with E-state index in [4.69, 9.17) is 9.47 Å². The van der Waals surface area contributed by atoms with Crippen LogP contribution >= 0.6 is 0 Å². The maximum atomic E-state index is 13.1. The number of hydrogen-bond donors (Lipinski definition) is 2.